The van der Waals surface area contributed by atoms with Gasteiger partial charge in [0.05, 0.1) is 5.69 Å². The minimum Gasteiger partial charge on any atom is -0.334 e. The zero-order valence-corrected chi connectivity index (χ0v) is 10.5. The lowest BCUT2D eigenvalue weighted by molar-refractivity contribution is 0.0732. The second kappa shape index (κ2) is 4.96. The maximum atomic E-state index is 13.2. The highest BCUT2D eigenvalue weighted by Gasteiger charge is 2.23. The molecule has 0 spiro atoms. The van der Waals surface area contributed by atoms with Gasteiger partial charge in [0.2, 0.25) is 0 Å². The Morgan fingerprint density at radius 3 is 2.90 bits per heavy atom. The zero-order valence-electron chi connectivity index (χ0n) is 10.5. The predicted octanol–water partition coefficient (Wildman–Crippen LogP) is 1.95. The van der Waals surface area contributed by atoms with E-state index in [0.29, 0.717) is 19.5 Å². The van der Waals surface area contributed by atoms with Gasteiger partial charge in [0.25, 0.3) is 5.91 Å². The third-order valence-electron chi connectivity index (χ3n) is 3.31. The number of halogens is 2. The fraction of sp³-hybridized carbons (Fsp3) is 0.214. The fourth-order valence-electron chi connectivity index (χ4n) is 2.25. The zero-order chi connectivity index (χ0) is 14.1. The Bertz CT molecular complexity index is 675. The number of carbonyl (C=O) groups excluding carboxylic acids is 1. The van der Waals surface area contributed by atoms with E-state index in [1.54, 1.807) is 11.1 Å². The Kier molecular flexibility index (Phi) is 3.14. The van der Waals surface area contributed by atoms with Crippen LogP contribution in [-0.2, 0) is 13.0 Å². The van der Waals surface area contributed by atoms with Crippen LogP contribution >= 0.6 is 0 Å². The van der Waals surface area contributed by atoms with Gasteiger partial charge < -0.3 is 4.90 Å². The van der Waals surface area contributed by atoms with Crippen LogP contribution in [0.2, 0.25) is 0 Å². The first-order valence-corrected chi connectivity index (χ1v) is 6.17. The Hall–Kier alpha value is -2.37. The van der Waals surface area contributed by atoms with Gasteiger partial charge in [-0.2, -0.15) is 0 Å². The van der Waals surface area contributed by atoms with E-state index < -0.39 is 11.6 Å². The van der Waals surface area contributed by atoms with Gasteiger partial charge in [-0.05, 0) is 18.2 Å². The van der Waals surface area contributed by atoms with Crippen molar-refractivity contribution in [2.24, 2.45) is 0 Å². The molecule has 0 aliphatic carbocycles. The van der Waals surface area contributed by atoms with Crippen molar-refractivity contribution in [1.29, 1.82) is 0 Å². The second-order valence-corrected chi connectivity index (χ2v) is 4.60. The quantitative estimate of drug-likeness (QED) is 0.799. The van der Waals surface area contributed by atoms with E-state index in [9.17, 15) is 13.6 Å². The lowest BCUT2D eigenvalue weighted by Crippen LogP contribution is -2.36. The predicted molar refractivity (Wildman–Crippen MR) is 66.8 cm³/mol. The summed E-state index contributed by atoms with van der Waals surface area (Å²) in [6.45, 7) is 0.885. The van der Waals surface area contributed by atoms with Crippen molar-refractivity contribution in [1.82, 2.24) is 14.9 Å². The van der Waals surface area contributed by atoms with Crippen molar-refractivity contribution >= 4 is 5.91 Å². The molecule has 1 aromatic carbocycles. The van der Waals surface area contributed by atoms with E-state index in [-0.39, 0.29) is 11.5 Å². The van der Waals surface area contributed by atoms with E-state index in [1.807, 2.05) is 0 Å². The minimum atomic E-state index is -1.02. The van der Waals surface area contributed by atoms with Crippen LogP contribution in [0.5, 0.6) is 0 Å². The van der Waals surface area contributed by atoms with Crippen molar-refractivity contribution in [3.63, 3.8) is 0 Å². The van der Waals surface area contributed by atoms with Gasteiger partial charge in [0.1, 0.15) is 6.33 Å². The summed E-state index contributed by atoms with van der Waals surface area (Å²) in [5.74, 6) is -2.30. The van der Waals surface area contributed by atoms with Gasteiger partial charge in [0.15, 0.2) is 11.6 Å². The van der Waals surface area contributed by atoms with Crippen LogP contribution in [0.15, 0.2) is 30.7 Å². The first kappa shape index (κ1) is 12.7. The van der Waals surface area contributed by atoms with Gasteiger partial charge in [-0.25, -0.2) is 18.7 Å². The van der Waals surface area contributed by atoms with E-state index in [0.717, 1.165) is 23.4 Å². The second-order valence-electron chi connectivity index (χ2n) is 4.60. The molecule has 2 heterocycles. The van der Waals surface area contributed by atoms with Crippen molar-refractivity contribution in [3.05, 3.63) is 59.2 Å². The lowest BCUT2D eigenvalue weighted by atomic mass is 10.1. The smallest absolute Gasteiger partial charge is 0.254 e. The Morgan fingerprint density at radius 2 is 2.10 bits per heavy atom. The standard InChI is InChI=1S/C14H11F2N3O/c15-11-2-1-9(5-12(11)16)14(20)19-4-3-13-10(7-19)6-17-8-18-13/h1-2,5-6,8H,3-4,7H2. The molecular weight excluding hydrogens is 264 g/mol. The summed E-state index contributed by atoms with van der Waals surface area (Å²) in [6.07, 6.45) is 3.78. The molecule has 2 aromatic rings. The Morgan fingerprint density at radius 1 is 1.25 bits per heavy atom. The molecule has 0 fully saturated rings. The van der Waals surface area contributed by atoms with Crippen molar-refractivity contribution < 1.29 is 13.6 Å². The molecule has 3 rings (SSSR count). The molecule has 1 aliphatic heterocycles. The van der Waals surface area contributed by atoms with Crippen molar-refractivity contribution in [2.45, 2.75) is 13.0 Å². The number of hydrogen-bond donors (Lipinski definition) is 0. The summed E-state index contributed by atoms with van der Waals surface area (Å²) in [6, 6.07) is 3.18. The van der Waals surface area contributed by atoms with Crippen LogP contribution in [0.3, 0.4) is 0 Å². The van der Waals surface area contributed by atoms with E-state index in [4.69, 9.17) is 0 Å². The summed E-state index contributed by atoms with van der Waals surface area (Å²) in [5.41, 5.74) is 1.95. The van der Waals surface area contributed by atoms with Gasteiger partial charge in [-0.1, -0.05) is 0 Å². The average Bonchev–Trinajstić information content (AvgIpc) is 2.49. The molecule has 1 aliphatic rings. The number of nitrogens with zero attached hydrogens (tertiary/aromatic N) is 3. The maximum Gasteiger partial charge on any atom is 0.254 e. The van der Waals surface area contributed by atoms with Crippen LogP contribution < -0.4 is 0 Å². The molecule has 0 N–H and O–H groups in total. The molecule has 102 valence electrons. The summed E-state index contributed by atoms with van der Waals surface area (Å²) < 4.78 is 26.1. The van der Waals surface area contributed by atoms with Gasteiger partial charge >= 0.3 is 0 Å². The van der Waals surface area contributed by atoms with E-state index in [1.165, 1.54) is 12.4 Å². The summed E-state index contributed by atoms with van der Waals surface area (Å²) in [7, 11) is 0. The molecule has 0 bridgehead atoms. The van der Waals surface area contributed by atoms with Crippen molar-refractivity contribution in [2.75, 3.05) is 6.54 Å². The number of benzene rings is 1. The maximum absolute atomic E-state index is 13.2. The molecule has 0 radical (unpaired) electrons. The van der Waals surface area contributed by atoms with Gasteiger partial charge in [-0.3, -0.25) is 4.79 Å². The lowest BCUT2D eigenvalue weighted by Gasteiger charge is -2.27. The normalized spacial score (nSPS) is 14.0. The largest absolute Gasteiger partial charge is 0.334 e. The highest BCUT2D eigenvalue weighted by Crippen LogP contribution is 2.18. The number of fused-ring (bicyclic) bond motifs is 1. The van der Waals surface area contributed by atoms with Crippen LogP contribution in [0.25, 0.3) is 0 Å². The summed E-state index contributed by atoms with van der Waals surface area (Å²) in [4.78, 5) is 21.9. The Labute approximate surface area is 114 Å². The van der Waals surface area contributed by atoms with E-state index in [2.05, 4.69) is 9.97 Å². The van der Waals surface area contributed by atoms with Crippen LogP contribution in [0.1, 0.15) is 21.6 Å². The molecule has 0 unspecified atom stereocenters. The van der Waals surface area contributed by atoms with Gasteiger partial charge in [0, 0.05) is 36.8 Å². The van der Waals surface area contributed by atoms with Crippen LogP contribution in [0, 0.1) is 11.6 Å². The highest BCUT2D eigenvalue weighted by atomic mass is 19.2. The molecule has 20 heavy (non-hydrogen) atoms. The molecule has 0 saturated carbocycles. The minimum absolute atomic E-state index is 0.143. The number of rotatable bonds is 1. The fourth-order valence-corrected chi connectivity index (χ4v) is 2.25. The number of hydrogen-bond acceptors (Lipinski definition) is 3. The first-order chi connectivity index (χ1) is 9.65. The number of aromatic nitrogens is 2. The molecular formula is C14H11F2N3O. The SMILES string of the molecule is O=C(c1ccc(F)c(F)c1)N1CCc2ncncc2C1. The Balaban J connectivity index is 1.84. The molecule has 0 atom stereocenters. The summed E-state index contributed by atoms with van der Waals surface area (Å²) >= 11 is 0. The topological polar surface area (TPSA) is 46.1 Å². The monoisotopic (exact) mass is 275 g/mol. The summed E-state index contributed by atoms with van der Waals surface area (Å²) in [5, 5.41) is 0. The third-order valence-corrected chi connectivity index (χ3v) is 3.31. The highest BCUT2D eigenvalue weighted by molar-refractivity contribution is 5.94. The van der Waals surface area contributed by atoms with Crippen LogP contribution in [-0.4, -0.2) is 27.3 Å². The van der Waals surface area contributed by atoms with Crippen molar-refractivity contribution in [3.8, 4) is 0 Å². The first-order valence-electron chi connectivity index (χ1n) is 6.17. The van der Waals surface area contributed by atoms with E-state index >= 15 is 0 Å². The molecule has 1 amide bonds. The number of amides is 1. The molecule has 6 heteroatoms. The molecule has 0 saturated heterocycles. The molecule has 4 nitrogen and oxygen atoms in total. The average molecular weight is 275 g/mol. The number of carbonyl (C=O) groups is 1. The molecule has 1 aromatic heterocycles. The van der Waals surface area contributed by atoms with Crippen LogP contribution in [0.4, 0.5) is 8.78 Å². The third kappa shape index (κ3) is 2.24. The van der Waals surface area contributed by atoms with Gasteiger partial charge in [-0.15, -0.1) is 0 Å².